The van der Waals surface area contributed by atoms with Gasteiger partial charge in [0.05, 0.1) is 0 Å². The number of hydrogen-bond donors (Lipinski definition) is 1. The molecule has 2 aromatic heterocycles. The van der Waals surface area contributed by atoms with E-state index < -0.39 is 0 Å². The van der Waals surface area contributed by atoms with Gasteiger partial charge in [-0.15, -0.1) is 0 Å². The van der Waals surface area contributed by atoms with E-state index in [0.717, 1.165) is 16.8 Å². The quantitative estimate of drug-likeness (QED) is 0.853. The van der Waals surface area contributed by atoms with Gasteiger partial charge in [0.1, 0.15) is 6.33 Å². The molecule has 0 spiro atoms. The lowest BCUT2D eigenvalue weighted by molar-refractivity contribution is 0.622. The minimum absolute atomic E-state index is 0.595. The highest BCUT2D eigenvalue weighted by Crippen LogP contribution is 2.30. The van der Waals surface area contributed by atoms with E-state index in [1.54, 1.807) is 28.9 Å². The molecule has 3 rings (SSSR count). The Morgan fingerprint density at radius 3 is 2.85 bits per heavy atom. The van der Waals surface area contributed by atoms with E-state index in [9.17, 15) is 0 Å². The molecule has 6 nitrogen and oxygen atoms in total. The van der Waals surface area contributed by atoms with Crippen LogP contribution in [0.3, 0.4) is 0 Å². The molecule has 106 valence electrons. The molecular weight excluding hydrogens is 272 g/mol. The topological polar surface area (TPSA) is 68.5 Å². The number of aromatic nitrogens is 5. The fourth-order valence-corrected chi connectivity index (χ4v) is 3.40. The maximum atomic E-state index is 4.51. The Morgan fingerprint density at radius 1 is 1.30 bits per heavy atom. The molecule has 1 aliphatic rings. The Morgan fingerprint density at radius 2 is 2.15 bits per heavy atom. The third-order valence-electron chi connectivity index (χ3n) is 3.48. The summed E-state index contributed by atoms with van der Waals surface area (Å²) in [5, 5.41) is 3.77. The highest BCUT2D eigenvalue weighted by molar-refractivity contribution is 7.99. The number of nitrogens with zero attached hydrogens (tertiary/aromatic N) is 5. The lowest BCUT2D eigenvalue weighted by atomic mass is 10.1. The van der Waals surface area contributed by atoms with E-state index >= 15 is 0 Å². The van der Waals surface area contributed by atoms with E-state index in [4.69, 9.17) is 0 Å². The molecule has 20 heavy (non-hydrogen) atoms. The van der Waals surface area contributed by atoms with Crippen LogP contribution in [0.15, 0.2) is 23.9 Å². The van der Waals surface area contributed by atoms with Gasteiger partial charge in [0, 0.05) is 25.2 Å². The zero-order valence-electron chi connectivity index (χ0n) is 11.5. The van der Waals surface area contributed by atoms with Crippen LogP contribution in [-0.4, -0.2) is 37.3 Å². The number of rotatable bonds is 5. The molecule has 2 heterocycles. The van der Waals surface area contributed by atoms with Crippen molar-refractivity contribution >= 4 is 17.7 Å². The first-order chi connectivity index (χ1) is 9.85. The summed E-state index contributed by atoms with van der Waals surface area (Å²) < 4.78 is 1.79. The third-order valence-corrected chi connectivity index (χ3v) is 4.56. The summed E-state index contributed by atoms with van der Waals surface area (Å²) in [5.74, 6) is 3.11. The Labute approximate surface area is 122 Å². The Hall–Kier alpha value is -1.63. The molecule has 7 heteroatoms. The van der Waals surface area contributed by atoms with Crippen molar-refractivity contribution in [3.8, 4) is 5.95 Å². The fourth-order valence-electron chi connectivity index (χ4n) is 2.38. The maximum Gasteiger partial charge on any atom is 0.240 e. The number of hydrogen-bond acceptors (Lipinski definition) is 6. The number of anilines is 1. The van der Waals surface area contributed by atoms with Crippen LogP contribution in [0.2, 0.25) is 0 Å². The molecular formula is C13H18N6S. The van der Waals surface area contributed by atoms with E-state index in [1.807, 2.05) is 13.2 Å². The van der Waals surface area contributed by atoms with Crippen molar-refractivity contribution in [2.45, 2.75) is 30.8 Å². The summed E-state index contributed by atoms with van der Waals surface area (Å²) in [6.07, 6.45) is 10.7. The van der Waals surface area contributed by atoms with Gasteiger partial charge in [0.2, 0.25) is 11.9 Å². The van der Waals surface area contributed by atoms with Crippen molar-refractivity contribution in [2.24, 2.45) is 5.92 Å². The Balaban J connectivity index is 1.77. The zero-order valence-corrected chi connectivity index (χ0v) is 12.3. The average molecular weight is 290 g/mol. The fraction of sp³-hybridized carbons (Fsp3) is 0.538. The summed E-state index contributed by atoms with van der Waals surface area (Å²) >= 11 is 1.72. The number of thioether (sulfide) groups is 1. The second-order valence-electron chi connectivity index (χ2n) is 4.92. The molecule has 0 aromatic carbocycles. The van der Waals surface area contributed by atoms with Crippen molar-refractivity contribution in [1.82, 2.24) is 24.5 Å². The first-order valence-corrected chi connectivity index (χ1v) is 7.88. The number of imidazole rings is 1. The predicted octanol–water partition coefficient (Wildman–Crippen LogP) is 2.38. The molecule has 1 saturated carbocycles. The van der Waals surface area contributed by atoms with Crippen molar-refractivity contribution in [3.63, 3.8) is 0 Å². The van der Waals surface area contributed by atoms with Gasteiger partial charge < -0.3 is 5.32 Å². The normalized spacial score (nSPS) is 15.7. The van der Waals surface area contributed by atoms with Gasteiger partial charge in [-0.05, 0) is 18.8 Å². The lowest BCUT2D eigenvalue weighted by Gasteiger charge is -2.09. The molecule has 0 bridgehead atoms. The lowest BCUT2D eigenvalue weighted by Crippen LogP contribution is -2.07. The minimum Gasteiger partial charge on any atom is -0.357 e. The first-order valence-electron chi connectivity index (χ1n) is 6.90. The third kappa shape index (κ3) is 3.09. The van der Waals surface area contributed by atoms with Gasteiger partial charge in [-0.1, -0.05) is 24.6 Å². The number of nitrogens with one attached hydrogen (secondary N) is 1. The molecule has 0 radical (unpaired) electrons. The van der Waals surface area contributed by atoms with Crippen molar-refractivity contribution < 1.29 is 0 Å². The Kier molecular flexibility index (Phi) is 4.15. The monoisotopic (exact) mass is 290 g/mol. The standard InChI is InChI=1S/C13H18N6S/c1-14-11-16-12(19-7-6-15-9-19)18-13(17-11)20-8-10-4-2-3-5-10/h6-7,9-10H,2-5,8H2,1H3,(H,14,16,17,18). The average Bonchev–Trinajstić information content (AvgIpc) is 3.17. The molecule has 0 amide bonds. The van der Waals surface area contributed by atoms with Gasteiger partial charge >= 0.3 is 0 Å². The molecule has 0 unspecified atom stereocenters. The van der Waals surface area contributed by atoms with Gasteiger partial charge in [-0.25, -0.2) is 4.98 Å². The summed E-state index contributed by atoms with van der Waals surface area (Å²) in [4.78, 5) is 17.3. The highest BCUT2D eigenvalue weighted by atomic mass is 32.2. The second-order valence-corrected chi connectivity index (χ2v) is 5.91. The van der Waals surface area contributed by atoms with Crippen molar-refractivity contribution in [1.29, 1.82) is 0 Å². The van der Waals surface area contributed by atoms with Crippen LogP contribution >= 0.6 is 11.8 Å². The van der Waals surface area contributed by atoms with E-state index in [1.165, 1.54) is 25.7 Å². The van der Waals surface area contributed by atoms with Crippen LogP contribution < -0.4 is 5.32 Å². The van der Waals surface area contributed by atoms with Gasteiger partial charge in [-0.2, -0.15) is 15.0 Å². The molecule has 1 N–H and O–H groups in total. The van der Waals surface area contributed by atoms with Crippen LogP contribution in [0.4, 0.5) is 5.95 Å². The summed E-state index contributed by atoms with van der Waals surface area (Å²) in [7, 11) is 1.82. The largest absolute Gasteiger partial charge is 0.357 e. The molecule has 1 fully saturated rings. The van der Waals surface area contributed by atoms with Crippen LogP contribution in [0, 0.1) is 5.92 Å². The van der Waals surface area contributed by atoms with E-state index in [2.05, 4.69) is 25.3 Å². The minimum atomic E-state index is 0.595. The molecule has 2 aromatic rings. The van der Waals surface area contributed by atoms with Gasteiger partial charge in [-0.3, -0.25) is 4.57 Å². The van der Waals surface area contributed by atoms with Crippen LogP contribution in [0.1, 0.15) is 25.7 Å². The van der Waals surface area contributed by atoms with Crippen LogP contribution in [-0.2, 0) is 0 Å². The molecule has 1 aliphatic carbocycles. The maximum absolute atomic E-state index is 4.51. The van der Waals surface area contributed by atoms with Crippen LogP contribution in [0.25, 0.3) is 5.95 Å². The molecule has 0 saturated heterocycles. The van der Waals surface area contributed by atoms with Gasteiger partial charge in [0.15, 0.2) is 5.16 Å². The summed E-state index contributed by atoms with van der Waals surface area (Å²) in [6, 6.07) is 0. The van der Waals surface area contributed by atoms with Crippen molar-refractivity contribution in [2.75, 3.05) is 18.1 Å². The van der Waals surface area contributed by atoms with E-state index in [0.29, 0.717) is 11.9 Å². The smallest absolute Gasteiger partial charge is 0.240 e. The first kappa shape index (κ1) is 13.4. The van der Waals surface area contributed by atoms with Crippen LogP contribution in [0.5, 0.6) is 0 Å². The van der Waals surface area contributed by atoms with Gasteiger partial charge in [0.25, 0.3) is 0 Å². The Bertz CT molecular complexity index is 550. The SMILES string of the molecule is CNc1nc(SCC2CCCC2)nc(-n2ccnc2)n1. The van der Waals surface area contributed by atoms with Crippen molar-refractivity contribution in [3.05, 3.63) is 18.7 Å². The second kappa shape index (κ2) is 6.21. The summed E-state index contributed by atoms with van der Waals surface area (Å²) in [5.41, 5.74) is 0. The van der Waals surface area contributed by atoms with E-state index in [-0.39, 0.29) is 0 Å². The molecule has 0 atom stereocenters. The molecule has 0 aliphatic heterocycles. The highest BCUT2D eigenvalue weighted by Gasteiger charge is 2.16. The zero-order chi connectivity index (χ0) is 13.8. The summed E-state index contributed by atoms with van der Waals surface area (Å²) in [6.45, 7) is 0. The predicted molar refractivity (Wildman–Crippen MR) is 79.2 cm³/mol.